The zero-order valence-electron chi connectivity index (χ0n) is 35.8. The Morgan fingerprint density at radius 2 is 0.921 bits per heavy atom. The van der Waals surface area contributed by atoms with E-state index in [1.165, 1.54) is 116 Å². The largest absolute Gasteiger partial charge is 0.314 e. The summed E-state index contributed by atoms with van der Waals surface area (Å²) < 4.78 is 0. The van der Waals surface area contributed by atoms with Crippen LogP contribution in [0.15, 0.2) is 206 Å². The molecule has 6 aliphatic carbocycles. The van der Waals surface area contributed by atoms with Gasteiger partial charge >= 0.3 is 0 Å². The molecule has 1 spiro atoms. The Labute approximate surface area is 372 Å². The van der Waals surface area contributed by atoms with Gasteiger partial charge in [0.1, 0.15) is 0 Å². The summed E-state index contributed by atoms with van der Waals surface area (Å²) in [6.45, 7) is 0. The summed E-state index contributed by atoms with van der Waals surface area (Å²) in [6.07, 6.45) is 13.7. The Morgan fingerprint density at radius 3 is 1.63 bits per heavy atom. The van der Waals surface area contributed by atoms with Crippen LogP contribution in [0.25, 0.3) is 60.9 Å². The maximum atomic E-state index is 2.50. The molecule has 0 N–H and O–H groups in total. The molecule has 63 heavy (non-hydrogen) atoms. The van der Waals surface area contributed by atoms with Crippen LogP contribution in [0.2, 0.25) is 0 Å². The summed E-state index contributed by atoms with van der Waals surface area (Å²) in [4.78, 5) is 2.46. The number of allylic oxidation sites excluding steroid dienone is 4. The number of nitrogens with zero attached hydrogens (tertiary/aromatic N) is 1. The third kappa shape index (κ3) is 5.89. The van der Waals surface area contributed by atoms with Gasteiger partial charge in [0, 0.05) is 22.5 Å². The fraction of sp³-hybridized carbons (Fsp3) is 0.194. The number of hydrogen-bond donors (Lipinski definition) is 0. The van der Waals surface area contributed by atoms with Gasteiger partial charge in [-0.2, -0.15) is 0 Å². The topological polar surface area (TPSA) is 3.24 Å². The lowest BCUT2D eigenvalue weighted by atomic mass is 9.42. The summed E-state index contributed by atoms with van der Waals surface area (Å²) in [5, 5.41) is 2.55. The van der Waals surface area contributed by atoms with E-state index in [9.17, 15) is 0 Å². The quantitative estimate of drug-likeness (QED) is 0.155. The maximum absolute atomic E-state index is 2.50. The Kier molecular flexibility index (Phi) is 8.61. The van der Waals surface area contributed by atoms with Crippen LogP contribution in [-0.4, -0.2) is 0 Å². The second-order valence-electron chi connectivity index (χ2n) is 19.2. The molecule has 0 atom stereocenters. The Balaban J connectivity index is 0.839. The van der Waals surface area contributed by atoms with Gasteiger partial charge in [0.05, 0.1) is 0 Å². The van der Waals surface area contributed by atoms with E-state index >= 15 is 0 Å². The number of anilines is 2. The molecule has 1 nitrogen and oxygen atoms in total. The first kappa shape index (κ1) is 36.9. The molecule has 0 radical (unpaired) electrons. The number of benzene rings is 8. The first-order valence-electron chi connectivity index (χ1n) is 23.5. The first-order chi connectivity index (χ1) is 31.2. The van der Waals surface area contributed by atoms with Crippen LogP contribution in [0.3, 0.4) is 0 Å². The van der Waals surface area contributed by atoms with Gasteiger partial charge < -0.3 is 4.90 Å². The van der Waals surface area contributed by atoms with E-state index in [1.807, 2.05) is 0 Å². The van der Waals surface area contributed by atoms with Crippen LogP contribution >= 0.6 is 0 Å². The van der Waals surface area contributed by atoms with Crippen LogP contribution in [0.1, 0.15) is 61.6 Å². The summed E-state index contributed by atoms with van der Waals surface area (Å²) in [6, 6.07) is 70.8. The Bertz CT molecular complexity index is 3060. The molecule has 4 bridgehead atoms. The zero-order valence-corrected chi connectivity index (χ0v) is 35.8. The van der Waals surface area contributed by atoms with E-state index in [1.54, 1.807) is 11.1 Å². The van der Waals surface area contributed by atoms with Crippen molar-refractivity contribution in [2.45, 2.75) is 50.4 Å². The normalized spacial score (nSPS) is 22.7. The molecule has 14 rings (SSSR count). The summed E-state index contributed by atoms with van der Waals surface area (Å²) >= 11 is 0. The molecule has 0 unspecified atom stereocenters. The molecule has 0 heterocycles. The minimum atomic E-state index is 0.152. The highest BCUT2D eigenvalue weighted by Crippen LogP contribution is 2.70. The van der Waals surface area contributed by atoms with E-state index < -0.39 is 0 Å². The molecule has 4 fully saturated rings. The van der Waals surface area contributed by atoms with Crippen LogP contribution in [0.4, 0.5) is 11.4 Å². The third-order valence-corrected chi connectivity index (χ3v) is 16.0. The number of hydrogen-bond acceptors (Lipinski definition) is 1. The van der Waals surface area contributed by atoms with Gasteiger partial charge in [0.25, 0.3) is 0 Å². The highest BCUT2D eigenvalue weighted by Gasteiger charge is 2.62. The van der Waals surface area contributed by atoms with Crippen molar-refractivity contribution in [3.63, 3.8) is 0 Å². The molecular formula is C62H51N. The van der Waals surface area contributed by atoms with Crippen molar-refractivity contribution in [3.8, 4) is 44.5 Å². The lowest BCUT2D eigenvalue weighted by Gasteiger charge is -2.61. The summed E-state index contributed by atoms with van der Waals surface area (Å²) in [5.74, 6) is 3.37. The smallest absolute Gasteiger partial charge is 0.0458 e. The summed E-state index contributed by atoms with van der Waals surface area (Å²) in [7, 11) is 0. The fourth-order valence-electron chi connectivity index (χ4n) is 13.6. The van der Waals surface area contributed by atoms with Gasteiger partial charge in [-0.15, -0.1) is 0 Å². The van der Waals surface area contributed by atoms with Gasteiger partial charge in [-0.1, -0.05) is 170 Å². The van der Waals surface area contributed by atoms with Crippen molar-refractivity contribution >= 4 is 27.7 Å². The average Bonchev–Trinajstić information content (AvgIpc) is 3.65. The molecule has 6 aliphatic rings. The Morgan fingerprint density at radius 1 is 0.381 bits per heavy atom. The molecule has 4 saturated carbocycles. The first-order valence-corrected chi connectivity index (χ1v) is 23.5. The minimum Gasteiger partial charge on any atom is -0.314 e. The van der Waals surface area contributed by atoms with Crippen molar-refractivity contribution < 1.29 is 0 Å². The predicted octanol–water partition coefficient (Wildman–Crippen LogP) is 16.5. The van der Waals surface area contributed by atoms with Crippen LogP contribution in [0, 0.1) is 23.7 Å². The molecular weight excluding hydrogens is 759 g/mol. The molecule has 0 aromatic heterocycles. The van der Waals surface area contributed by atoms with Crippen molar-refractivity contribution in [2.24, 2.45) is 23.7 Å². The molecule has 0 amide bonds. The van der Waals surface area contributed by atoms with Crippen molar-refractivity contribution in [1.29, 1.82) is 0 Å². The fourth-order valence-corrected chi connectivity index (χ4v) is 13.6. The summed E-state index contributed by atoms with van der Waals surface area (Å²) in [5.41, 5.74) is 20.5. The van der Waals surface area contributed by atoms with E-state index in [4.69, 9.17) is 0 Å². The van der Waals surface area contributed by atoms with Crippen molar-refractivity contribution in [2.75, 3.05) is 4.90 Å². The number of fused-ring (bicyclic) bond motifs is 4. The highest BCUT2D eigenvalue weighted by atomic mass is 15.1. The van der Waals surface area contributed by atoms with E-state index in [2.05, 4.69) is 205 Å². The molecule has 0 saturated heterocycles. The van der Waals surface area contributed by atoms with Crippen molar-refractivity contribution in [1.82, 2.24) is 0 Å². The predicted molar refractivity (Wildman–Crippen MR) is 264 cm³/mol. The van der Waals surface area contributed by atoms with Crippen LogP contribution in [0.5, 0.6) is 0 Å². The maximum Gasteiger partial charge on any atom is 0.0458 e. The van der Waals surface area contributed by atoms with Gasteiger partial charge in [-0.3, -0.25) is 0 Å². The molecule has 8 aromatic rings. The van der Waals surface area contributed by atoms with E-state index in [0.29, 0.717) is 0 Å². The molecule has 8 aromatic carbocycles. The van der Waals surface area contributed by atoms with Gasteiger partial charge in [-0.05, 0) is 177 Å². The van der Waals surface area contributed by atoms with Gasteiger partial charge in [0.15, 0.2) is 0 Å². The van der Waals surface area contributed by atoms with Gasteiger partial charge in [-0.25, -0.2) is 0 Å². The molecule has 0 aliphatic heterocycles. The van der Waals surface area contributed by atoms with E-state index in [-0.39, 0.29) is 5.41 Å². The monoisotopic (exact) mass is 809 g/mol. The Hall–Kier alpha value is -6.70. The second kappa shape index (κ2) is 14.7. The minimum absolute atomic E-state index is 0.152. The molecule has 1 heteroatoms. The van der Waals surface area contributed by atoms with Crippen LogP contribution in [-0.2, 0) is 5.41 Å². The second-order valence-corrected chi connectivity index (χ2v) is 19.2. The van der Waals surface area contributed by atoms with Crippen LogP contribution < -0.4 is 4.90 Å². The molecule has 304 valence electrons. The lowest BCUT2D eigenvalue weighted by molar-refractivity contribution is -0.0397. The zero-order chi connectivity index (χ0) is 41.5. The van der Waals surface area contributed by atoms with E-state index in [0.717, 1.165) is 36.5 Å². The highest BCUT2D eigenvalue weighted by molar-refractivity contribution is 5.97. The standard InChI is InChI=1S/C62H51N/c1-2-10-43(11-3-1)45-24-30-52(31-25-45)63(54-34-28-48(29-35-54)56-16-8-13-47-12-4-5-14-55(47)56)53-32-26-46(27-33-53)44-20-22-49(23-21-44)57-17-9-18-59-58-15-6-7-19-60(58)62(61(57)59)50-37-41-36-42(39-50)40-51(62)38-41/h1-24,26-30,32-35,41-42,50-51H,25,31,36-40H2. The average molecular weight is 810 g/mol. The SMILES string of the molecule is C1=C(c2ccccc2)CCC(N(c2ccc(-c3ccc(-c4cccc5c4C4(c6ccccc6-5)C5CC6CC(C5)CC4C6)cc3)cc2)c2ccc(-c3cccc4ccccc34)cc2)=C1. The number of rotatable bonds is 7. The van der Waals surface area contributed by atoms with Gasteiger partial charge in [0.2, 0.25) is 0 Å². The van der Waals surface area contributed by atoms with Crippen molar-refractivity contribution in [3.05, 3.63) is 223 Å². The lowest BCUT2D eigenvalue weighted by Crippen LogP contribution is -2.55. The third-order valence-electron chi connectivity index (χ3n) is 16.0.